The number of hydrogen-bond donors (Lipinski definition) is 0. The van der Waals surface area contributed by atoms with Crippen molar-refractivity contribution in [2.45, 2.75) is 32.7 Å². The van der Waals surface area contributed by atoms with Crippen LogP contribution in [0.4, 0.5) is 0 Å². The van der Waals surface area contributed by atoms with Gasteiger partial charge in [-0.05, 0) is 48.8 Å². The van der Waals surface area contributed by atoms with Crippen molar-refractivity contribution in [2.75, 3.05) is 0 Å². The summed E-state index contributed by atoms with van der Waals surface area (Å²) in [5.41, 5.74) is 8.12. The van der Waals surface area contributed by atoms with Crippen LogP contribution in [0.25, 0.3) is 27.6 Å². The Morgan fingerprint density at radius 1 is 1.03 bits per heavy atom. The van der Waals surface area contributed by atoms with Crippen LogP contribution in [0.5, 0.6) is 0 Å². The van der Waals surface area contributed by atoms with Gasteiger partial charge in [-0.15, -0.1) is 0 Å². The summed E-state index contributed by atoms with van der Waals surface area (Å²) in [5, 5.41) is 2.30. The van der Waals surface area contributed by atoms with Gasteiger partial charge in [0.1, 0.15) is 11.2 Å². The summed E-state index contributed by atoms with van der Waals surface area (Å²) in [6, 6.07) is 23.1. The van der Waals surface area contributed by atoms with Gasteiger partial charge in [-0.2, -0.15) is 0 Å². The van der Waals surface area contributed by atoms with E-state index in [9.17, 15) is 0 Å². The highest BCUT2D eigenvalue weighted by Gasteiger charge is 2.22. The predicted molar refractivity (Wildman–Crippen MR) is 158 cm³/mol. The summed E-state index contributed by atoms with van der Waals surface area (Å²) in [7, 11) is 0. The van der Waals surface area contributed by atoms with Crippen molar-refractivity contribution in [1.29, 1.82) is 0 Å². The van der Waals surface area contributed by atoms with Gasteiger partial charge in [-0.1, -0.05) is 92.4 Å². The van der Waals surface area contributed by atoms with Gasteiger partial charge in [0.05, 0.1) is 11.7 Å². The van der Waals surface area contributed by atoms with Gasteiger partial charge < -0.3 is 9.32 Å². The second-order valence-electron chi connectivity index (χ2n) is 9.75. The molecule has 0 fully saturated rings. The third-order valence-electron chi connectivity index (χ3n) is 6.74. The molecule has 4 aromatic rings. The first-order valence-corrected chi connectivity index (χ1v) is 12.6. The van der Waals surface area contributed by atoms with E-state index >= 15 is 0 Å². The molecule has 0 saturated heterocycles. The molecule has 2 unspecified atom stereocenters. The molecule has 2 heterocycles. The maximum atomic E-state index is 6.36. The molecule has 0 aliphatic carbocycles. The zero-order valence-corrected chi connectivity index (χ0v) is 21.7. The SMILES string of the molecule is C=C(C)C=NC(=C)c1cccc(C(C)/C=C/N2C=CC(C)=CC2c2cccc3c2oc2ccccc23)c1. The van der Waals surface area contributed by atoms with Crippen LogP contribution in [0.2, 0.25) is 0 Å². The highest BCUT2D eigenvalue weighted by Crippen LogP contribution is 2.37. The maximum absolute atomic E-state index is 6.36. The lowest BCUT2D eigenvalue weighted by atomic mass is 9.96. The Bertz CT molecular complexity index is 1610. The zero-order valence-electron chi connectivity index (χ0n) is 21.7. The third-order valence-corrected chi connectivity index (χ3v) is 6.74. The van der Waals surface area contributed by atoms with Crippen molar-refractivity contribution >= 4 is 33.9 Å². The molecule has 37 heavy (non-hydrogen) atoms. The molecular weight excluding hydrogens is 452 g/mol. The number of para-hydroxylation sites is 2. The fraction of sp³-hybridized carbons (Fsp3) is 0.147. The molecule has 184 valence electrons. The molecule has 1 aliphatic rings. The monoisotopic (exact) mass is 484 g/mol. The number of rotatable bonds is 7. The van der Waals surface area contributed by atoms with Gasteiger partial charge in [0.15, 0.2) is 0 Å². The Morgan fingerprint density at radius 2 is 1.81 bits per heavy atom. The molecular formula is C34H32N2O. The maximum Gasteiger partial charge on any atom is 0.141 e. The number of benzene rings is 3. The van der Waals surface area contributed by atoms with Crippen LogP contribution in [0, 0.1) is 0 Å². The standard InChI is InChI=1S/C34H32N2O/c1-23(2)22-35-26(5)28-11-8-10-27(21-28)25(4)17-19-36-18-16-24(3)20-32(36)31-14-9-13-30-29-12-6-7-15-33(29)37-34(30)31/h6-22,25,32H,1,5H2,2-4H3/b19-17+,35-22?. The second kappa shape index (κ2) is 10.3. The summed E-state index contributed by atoms with van der Waals surface area (Å²) in [6.07, 6.45) is 12.8. The molecule has 5 rings (SSSR count). The zero-order chi connectivity index (χ0) is 25.9. The van der Waals surface area contributed by atoms with Crippen LogP contribution in [-0.2, 0) is 0 Å². The van der Waals surface area contributed by atoms with Gasteiger partial charge >= 0.3 is 0 Å². The minimum Gasteiger partial charge on any atom is -0.456 e. The smallest absolute Gasteiger partial charge is 0.141 e. The quantitative estimate of drug-likeness (QED) is 0.244. The van der Waals surface area contributed by atoms with Gasteiger partial charge in [0, 0.05) is 40.9 Å². The fourth-order valence-corrected chi connectivity index (χ4v) is 4.69. The van der Waals surface area contributed by atoms with Gasteiger partial charge in [0.25, 0.3) is 0 Å². The highest BCUT2D eigenvalue weighted by atomic mass is 16.3. The third kappa shape index (κ3) is 5.12. The molecule has 3 nitrogen and oxygen atoms in total. The first kappa shape index (κ1) is 24.3. The topological polar surface area (TPSA) is 28.7 Å². The number of hydrogen-bond acceptors (Lipinski definition) is 3. The van der Waals surface area contributed by atoms with Crippen molar-refractivity contribution < 1.29 is 4.42 Å². The Morgan fingerprint density at radius 3 is 2.65 bits per heavy atom. The molecule has 0 radical (unpaired) electrons. The Hall–Kier alpha value is -4.37. The van der Waals surface area contributed by atoms with Crippen molar-refractivity contribution in [1.82, 2.24) is 4.90 Å². The first-order chi connectivity index (χ1) is 17.9. The van der Waals surface area contributed by atoms with E-state index in [-0.39, 0.29) is 12.0 Å². The average Bonchev–Trinajstić information content (AvgIpc) is 3.30. The molecule has 3 heteroatoms. The molecule has 1 aromatic heterocycles. The summed E-state index contributed by atoms with van der Waals surface area (Å²) >= 11 is 0. The second-order valence-corrected chi connectivity index (χ2v) is 9.75. The van der Waals surface area contributed by atoms with E-state index in [1.165, 1.54) is 11.1 Å². The minimum atomic E-state index is 0.0419. The molecule has 2 atom stereocenters. The number of fused-ring (bicyclic) bond motifs is 3. The predicted octanol–water partition coefficient (Wildman–Crippen LogP) is 9.34. The summed E-state index contributed by atoms with van der Waals surface area (Å²) < 4.78 is 6.36. The number of allylic oxidation sites excluding steroid dienone is 4. The van der Waals surface area contributed by atoms with Crippen molar-refractivity contribution in [3.05, 3.63) is 138 Å². The Balaban J connectivity index is 1.44. The summed E-state index contributed by atoms with van der Waals surface area (Å²) in [5.74, 6) is 0.209. The number of furan rings is 1. The van der Waals surface area contributed by atoms with Gasteiger partial charge in [0.2, 0.25) is 0 Å². The van der Waals surface area contributed by atoms with Crippen LogP contribution in [0.3, 0.4) is 0 Å². The van der Waals surface area contributed by atoms with Crippen LogP contribution < -0.4 is 0 Å². The number of nitrogens with zero attached hydrogens (tertiary/aromatic N) is 2. The largest absolute Gasteiger partial charge is 0.456 e. The molecule has 0 spiro atoms. The van der Waals surface area contributed by atoms with E-state index in [4.69, 9.17) is 4.42 Å². The van der Waals surface area contributed by atoms with Gasteiger partial charge in [-0.25, -0.2) is 0 Å². The number of aliphatic imine (C=N–C) groups is 1. The normalized spacial score (nSPS) is 16.7. The molecule has 0 N–H and O–H groups in total. The molecule has 0 amide bonds. The van der Waals surface area contributed by atoms with Crippen LogP contribution in [0.15, 0.2) is 131 Å². The lowest BCUT2D eigenvalue weighted by Gasteiger charge is -2.29. The highest BCUT2D eigenvalue weighted by molar-refractivity contribution is 6.06. The summed E-state index contributed by atoms with van der Waals surface area (Å²) in [4.78, 5) is 6.69. The molecule has 1 aliphatic heterocycles. The Labute approximate surface area is 219 Å². The molecule has 0 bridgehead atoms. The minimum absolute atomic E-state index is 0.0419. The Kier molecular flexibility index (Phi) is 6.78. The molecule has 0 saturated carbocycles. The van der Waals surface area contributed by atoms with Gasteiger partial charge in [-0.3, -0.25) is 4.99 Å². The van der Waals surface area contributed by atoms with Crippen LogP contribution in [0.1, 0.15) is 49.4 Å². The lowest BCUT2D eigenvalue weighted by Crippen LogP contribution is -2.19. The van der Waals surface area contributed by atoms with E-state index in [0.717, 1.165) is 44.3 Å². The average molecular weight is 485 g/mol. The van der Waals surface area contributed by atoms with Crippen molar-refractivity contribution in [3.63, 3.8) is 0 Å². The molecule has 3 aromatic carbocycles. The van der Waals surface area contributed by atoms with E-state index in [1.54, 1.807) is 6.21 Å². The van der Waals surface area contributed by atoms with E-state index in [0.29, 0.717) is 0 Å². The van der Waals surface area contributed by atoms with E-state index < -0.39 is 0 Å². The lowest BCUT2D eigenvalue weighted by molar-refractivity contribution is 0.427. The van der Waals surface area contributed by atoms with Crippen LogP contribution in [-0.4, -0.2) is 11.1 Å². The van der Waals surface area contributed by atoms with E-state index in [2.05, 4.69) is 116 Å². The van der Waals surface area contributed by atoms with Crippen molar-refractivity contribution in [2.24, 2.45) is 4.99 Å². The fourth-order valence-electron chi connectivity index (χ4n) is 4.69. The summed E-state index contributed by atoms with van der Waals surface area (Å²) in [6.45, 7) is 14.3. The van der Waals surface area contributed by atoms with Crippen LogP contribution >= 0.6 is 0 Å². The first-order valence-electron chi connectivity index (χ1n) is 12.6. The van der Waals surface area contributed by atoms with Crippen molar-refractivity contribution in [3.8, 4) is 0 Å². The van der Waals surface area contributed by atoms with E-state index in [1.807, 2.05) is 25.1 Å².